The van der Waals surface area contributed by atoms with E-state index in [1.807, 2.05) is 0 Å². The number of nitrogens with zero attached hydrogens (tertiary/aromatic N) is 2. The minimum absolute atomic E-state index is 0.00545. The third kappa shape index (κ3) is 3.47. The average Bonchev–Trinajstić information content (AvgIpc) is 3.22. The fourth-order valence-corrected chi connectivity index (χ4v) is 5.13. The van der Waals surface area contributed by atoms with Crippen molar-refractivity contribution in [2.75, 3.05) is 13.1 Å². The molecule has 1 saturated heterocycles. The molecule has 0 saturated carbocycles. The summed E-state index contributed by atoms with van der Waals surface area (Å²) < 4.78 is 33.5. The van der Waals surface area contributed by atoms with Crippen LogP contribution in [0.25, 0.3) is 11.0 Å². The summed E-state index contributed by atoms with van der Waals surface area (Å²) in [4.78, 5) is 24.4. The zero-order chi connectivity index (χ0) is 20.8. The van der Waals surface area contributed by atoms with E-state index in [0.717, 1.165) is 12.8 Å². The van der Waals surface area contributed by atoms with Crippen LogP contribution in [0.5, 0.6) is 5.75 Å². The Balaban J connectivity index is 1.80. The van der Waals surface area contributed by atoms with E-state index >= 15 is 0 Å². The van der Waals surface area contributed by atoms with Crippen molar-refractivity contribution in [1.29, 1.82) is 0 Å². The summed E-state index contributed by atoms with van der Waals surface area (Å²) in [5, 5.41) is 10.4. The summed E-state index contributed by atoms with van der Waals surface area (Å²) in [6.07, 6.45) is 2.94. The van der Waals surface area contributed by atoms with Crippen molar-refractivity contribution in [2.45, 2.75) is 31.2 Å². The molecule has 1 aliphatic rings. The first-order chi connectivity index (χ1) is 13.8. The van der Waals surface area contributed by atoms with Gasteiger partial charge in [-0.2, -0.15) is 4.31 Å². The van der Waals surface area contributed by atoms with E-state index in [0.29, 0.717) is 29.6 Å². The van der Waals surface area contributed by atoms with Gasteiger partial charge in [0.05, 0.1) is 11.4 Å². The summed E-state index contributed by atoms with van der Waals surface area (Å²) in [5.41, 5.74) is 0.148. The fraction of sp³-hybridized carbons (Fsp3) is 0.300. The van der Waals surface area contributed by atoms with Crippen LogP contribution in [0, 0.1) is 6.92 Å². The molecule has 0 radical (unpaired) electrons. The van der Waals surface area contributed by atoms with E-state index in [4.69, 9.17) is 4.42 Å². The molecule has 0 aliphatic carbocycles. The van der Waals surface area contributed by atoms with Crippen LogP contribution in [0.3, 0.4) is 0 Å². The molecule has 8 nitrogen and oxygen atoms in total. The van der Waals surface area contributed by atoms with Gasteiger partial charge in [0.2, 0.25) is 10.0 Å². The minimum Gasteiger partial charge on any atom is -0.508 e. The molecular weight excluding hydrogens is 396 g/mol. The van der Waals surface area contributed by atoms with Crippen LogP contribution in [0.15, 0.2) is 55.4 Å². The molecule has 2 aromatic heterocycles. The molecule has 1 fully saturated rings. The third-order valence-corrected chi connectivity index (χ3v) is 7.10. The van der Waals surface area contributed by atoms with Gasteiger partial charge in [0.15, 0.2) is 0 Å². The largest absolute Gasteiger partial charge is 0.508 e. The number of fused-ring (bicyclic) bond motifs is 1. The summed E-state index contributed by atoms with van der Waals surface area (Å²) in [6, 6.07) is 6.89. The minimum atomic E-state index is -3.67. The monoisotopic (exact) mass is 416 g/mol. The Hall–Kier alpha value is -2.91. The van der Waals surface area contributed by atoms with Gasteiger partial charge in [-0.3, -0.25) is 4.79 Å². The first-order valence-corrected chi connectivity index (χ1v) is 10.7. The zero-order valence-electron chi connectivity index (χ0n) is 15.8. The van der Waals surface area contributed by atoms with Crippen molar-refractivity contribution in [1.82, 2.24) is 8.87 Å². The molecule has 0 amide bonds. The molecule has 0 spiro atoms. The molecule has 152 valence electrons. The van der Waals surface area contributed by atoms with Gasteiger partial charge in [-0.15, -0.1) is 0 Å². The standard InChI is InChI=1S/C20H20N2O6S/c1-13-17(23)6-5-16-14(10-19(25)28-20(13)16)11-21-12-15(4-7-18(21)24)29(26,27)22-8-2-3-9-22/h4-7,10,12,23H,2-3,8-9,11H2,1H3. The number of rotatable bonds is 4. The summed E-state index contributed by atoms with van der Waals surface area (Å²) in [7, 11) is -3.67. The second-order valence-corrected chi connectivity index (χ2v) is 9.06. The van der Waals surface area contributed by atoms with Gasteiger partial charge in [0.1, 0.15) is 11.3 Å². The molecule has 3 heterocycles. The Morgan fingerprint density at radius 2 is 1.83 bits per heavy atom. The molecule has 29 heavy (non-hydrogen) atoms. The molecule has 0 unspecified atom stereocenters. The molecule has 4 rings (SSSR count). The number of phenols is 1. The van der Waals surface area contributed by atoms with E-state index in [1.165, 1.54) is 39.3 Å². The van der Waals surface area contributed by atoms with Crippen LogP contribution >= 0.6 is 0 Å². The van der Waals surface area contributed by atoms with E-state index in [9.17, 15) is 23.1 Å². The van der Waals surface area contributed by atoms with Gasteiger partial charge < -0.3 is 14.1 Å². The van der Waals surface area contributed by atoms with Crippen LogP contribution in [0.1, 0.15) is 24.0 Å². The van der Waals surface area contributed by atoms with Gasteiger partial charge in [0.25, 0.3) is 5.56 Å². The number of phenolic OH excluding ortho intramolecular Hbond substituents is 1. The summed E-state index contributed by atoms with van der Waals surface area (Å²) in [5.74, 6) is -0.00586. The number of aryl methyl sites for hydroxylation is 1. The summed E-state index contributed by atoms with van der Waals surface area (Å²) in [6.45, 7) is 2.55. The smallest absolute Gasteiger partial charge is 0.336 e. The molecule has 1 aliphatic heterocycles. The van der Waals surface area contributed by atoms with Crippen LogP contribution in [0.2, 0.25) is 0 Å². The molecule has 0 bridgehead atoms. The van der Waals surface area contributed by atoms with Crippen LogP contribution in [0.4, 0.5) is 0 Å². The van der Waals surface area contributed by atoms with Crippen molar-refractivity contribution in [2.24, 2.45) is 0 Å². The molecule has 0 atom stereocenters. The Morgan fingerprint density at radius 3 is 2.55 bits per heavy atom. The Morgan fingerprint density at radius 1 is 1.10 bits per heavy atom. The average molecular weight is 416 g/mol. The molecule has 3 aromatic rings. The molecule has 9 heteroatoms. The first-order valence-electron chi connectivity index (χ1n) is 9.23. The highest BCUT2D eigenvalue weighted by molar-refractivity contribution is 7.89. The van der Waals surface area contributed by atoms with Crippen LogP contribution in [-0.2, 0) is 16.6 Å². The lowest BCUT2D eigenvalue weighted by Crippen LogP contribution is -2.29. The van der Waals surface area contributed by atoms with Crippen molar-refractivity contribution in [3.8, 4) is 5.75 Å². The third-order valence-electron chi connectivity index (χ3n) is 5.22. The lowest BCUT2D eigenvalue weighted by atomic mass is 10.1. The SMILES string of the molecule is Cc1c(O)ccc2c(Cn3cc(S(=O)(=O)N4CCCC4)ccc3=O)cc(=O)oc12. The normalized spacial score (nSPS) is 15.2. The van der Waals surface area contributed by atoms with E-state index < -0.39 is 15.6 Å². The van der Waals surface area contributed by atoms with Gasteiger partial charge in [-0.1, -0.05) is 0 Å². The molecule has 1 aromatic carbocycles. The maximum atomic E-state index is 12.8. The topological polar surface area (TPSA) is 110 Å². The molecular formula is C20H20N2O6S. The lowest BCUT2D eigenvalue weighted by molar-refractivity contribution is 0.468. The predicted octanol–water partition coefficient (Wildman–Crippen LogP) is 1.80. The Labute approximate surface area is 166 Å². The number of hydrogen-bond acceptors (Lipinski definition) is 6. The quantitative estimate of drug-likeness (QED) is 0.650. The van der Waals surface area contributed by atoms with Gasteiger partial charge in [-0.05, 0) is 43.5 Å². The maximum Gasteiger partial charge on any atom is 0.336 e. The number of sulfonamides is 1. The Bertz CT molecular complexity index is 1320. The van der Waals surface area contributed by atoms with E-state index in [-0.39, 0.29) is 28.3 Å². The van der Waals surface area contributed by atoms with Crippen molar-refractivity contribution >= 4 is 21.0 Å². The number of pyridine rings is 1. The summed E-state index contributed by atoms with van der Waals surface area (Å²) >= 11 is 0. The highest BCUT2D eigenvalue weighted by Crippen LogP contribution is 2.28. The maximum absolute atomic E-state index is 12.8. The highest BCUT2D eigenvalue weighted by Gasteiger charge is 2.27. The lowest BCUT2D eigenvalue weighted by Gasteiger charge is -2.16. The van der Waals surface area contributed by atoms with Crippen LogP contribution < -0.4 is 11.2 Å². The van der Waals surface area contributed by atoms with Crippen LogP contribution in [-0.4, -0.2) is 35.5 Å². The zero-order valence-corrected chi connectivity index (χ0v) is 16.6. The van der Waals surface area contributed by atoms with Gasteiger partial charge in [-0.25, -0.2) is 13.2 Å². The predicted molar refractivity (Wildman–Crippen MR) is 107 cm³/mol. The Kier molecular flexibility index (Phi) is 4.79. The number of hydrogen-bond donors (Lipinski definition) is 1. The first kappa shape index (κ1) is 19.4. The second-order valence-electron chi connectivity index (χ2n) is 7.12. The molecule has 1 N–H and O–H groups in total. The number of aromatic nitrogens is 1. The number of benzene rings is 1. The van der Waals surface area contributed by atoms with Gasteiger partial charge >= 0.3 is 5.63 Å². The van der Waals surface area contributed by atoms with E-state index in [1.54, 1.807) is 13.0 Å². The second kappa shape index (κ2) is 7.16. The van der Waals surface area contributed by atoms with Gasteiger partial charge in [0, 0.05) is 42.4 Å². The van der Waals surface area contributed by atoms with Crippen molar-refractivity contribution in [3.05, 3.63) is 68.4 Å². The van der Waals surface area contributed by atoms with Crippen molar-refractivity contribution < 1.29 is 17.9 Å². The van der Waals surface area contributed by atoms with Crippen molar-refractivity contribution in [3.63, 3.8) is 0 Å². The van der Waals surface area contributed by atoms with E-state index in [2.05, 4.69) is 0 Å². The highest BCUT2D eigenvalue weighted by atomic mass is 32.2. The fourth-order valence-electron chi connectivity index (χ4n) is 3.59. The number of aromatic hydroxyl groups is 1.